The summed E-state index contributed by atoms with van der Waals surface area (Å²) >= 11 is 5.80. The van der Waals surface area contributed by atoms with Crippen LogP contribution in [0.15, 0.2) is 54.7 Å². The summed E-state index contributed by atoms with van der Waals surface area (Å²) in [5.41, 5.74) is 1.82. The zero-order valence-electron chi connectivity index (χ0n) is 12.9. The summed E-state index contributed by atoms with van der Waals surface area (Å²) < 4.78 is 5.26. The third-order valence-electron chi connectivity index (χ3n) is 3.57. The van der Waals surface area contributed by atoms with Gasteiger partial charge in [0.1, 0.15) is 0 Å². The fraction of sp³-hybridized carbons (Fsp3) is 0.111. The number of carbonyl (C=O) groups is 2. The van der Waals surface area contributed by atoms with Crippen molar-refractivity contribution in [2.24, 2.45) is 0 Å². The summed E-state index contributed by atoms with van der Waals surface area (Å²) in [6, 6.07) is 14.1. The van der Waals surface area contributed by atoms with Crippen molar-refractivity contribution in [3.05, 3.63) is 65.3 Å². The molecule has 24 heavy (non-hydrogen) atoms. The zero-order chi connectivity index (χ0) is 17.1. The highest BCUT2D eigenvalue weighted by Gasteiger charge is 2.21. The van der Waals surface area contributed by atoms with E-state index < -0.39 is 18.0 Å². The van der Waals surface area contributed by atoms with Gasteiger partial charge in [0.15, 0.2) is 6.10 Å². The quantitative estimate of drug-likeness (QED) is 0.704. The van der Waals surface area contributed by atoms with Gasteiger partial charge in [0.2, 0.25) is 0 Å². The molecule has 1 atom stereocenters. The van der Waals surface area contributed by atoms with Crippen molar-refractivity contribution < 1.29 is 14.3 Å². The second kappa shape index (κ2) is 6.76. The molecule has 6 heteroatoms. The first-order chi connectivity index (χ1) is 11.5. The van der Waals surface area contributed by atoms with Crippen molar-refractivity contribution in [3.63, 3.8) is 0 Å². The second-order valence-corrected chi connectivity index (χ2v) is 5.73. The highest BCUT2D eigenvalue weighted by Crippen LogP contribution is 2.19. The Morgan fingerprint density at radius 3 is 2.58 bits per heavy atom. The fourth-order valence-electron chi connectivity index (χ4n) is 2.30. The van der Waals surface area contributed by atoms with E-state index in [4.69, 9.17) is 16.3 Å². The van der Waals surface area contributed by atoms with Gasteiger partial charge in [0, 0.05) is 27.8 Å². The molecular formula is C18H15ClN2O3. The van der Waals surface area contributed by atoms with Crippen LogP contribution in [0, 0.1) is 0 Å². The number of H-pyrrole nitrogens is 1. The number of aromatic nitrogens is 1. The van der Waals surface area contributed by atoms with Crippen LogP contribution in [0.25, 0.3) is 10.9 Å². The van der Waals surface area contributed by atoms with Crippen molar-refractivity contribution in [2.45, 2.75) is 13.0 Å². The van der Waals surface area contributed by atoms with Gasteiger partial charge in [0.25, 0.3) is 5.91 Å². The number of carbonyl (C=O) groups excluding carboxylic acids is 2. The summed E-state index contributed by atoms with van der Waals surface area (Å²) in [6.45, 7) is 1.53. The lowest BCUT2D eigenvalue weighted by Crippen LogP contribution is -2.29. The SMILES string of the molecule is C[C@H](OC(=O)c1c[nH]c2ccccc12)C(=O)Nc1ccc(Cl)cc1. The standard InChI is InChI=1S/C18H15ClN2O3/c1-11(17(22)21-13-8-6-12(19)7-9-13)24-18(23)15-10-20-16-5-3-2-4-14(15)16/h2-11,20H,1H3,(H,21,22)/t11-/m0/s1. The Labute approximate surface area is 143 Å². The minimum absolute atomic E-state index is 0.400. The van der Waals surface area contributed by atoms with Crippen LogP contribution in [0.5, 0.6) is 0 Å². The number of hydrogen-bond acceptors (Lipinski definition) is 3. The zero-order valence-corrected chi connectivity index (χ0v) is 13.6. The Kier molecular flexibility index (Phi) is 4.53. The van der Waals surface area contributed by atoms with E-state index in [0.29, 0.717) is 16.3 Å². The number of para-hydroxylation sites is 1. The van der Waals surface area contributed by atoms with Gasteiger partial charge in [-0.05, 0) is 37.3 Å². The largest absolute Gasteiger partial charge is 0.449 e. The molecule has 0 aliphatic heterocycles. The van der Waals surface area contributed by atoms with Gasteiger partial charge >= 0.3 is 5.97 Å². The lowest BCUT2D eigenvalue weighted by atomic mass is 10.2. The molecule has 3 aromatic rings. The van der Waals surface area contributed by atoms with Crippen molar-refractivity contribution in [3.8, 4) is 0 Å². The maximum absolute atomic E-state index is 12.3. The smallest absolute Gasteiger partial charge is 0.341 e. The van der Waals surface area contributed by atoms with Gasteiger partial charge < -0.3 is 15.0 Å². The molecule has 0 radical (unpaired) electrons. The molecule has 2 N–H and O–H groups in total. The maximum Gasteiger partial charge on any atom is 0.341 e. The number of esters is 1. The average molecular weight is 343 g/mol. The molecule has 0 aliphatic carbocycles. The summed E-state index contributed by atoms with van der Waals surface area (Å²) in [6.07, 6.45) is 0.651. The van der Waals surface area contributed by atoms with E-state index in [9.17, 15) is 9.59 Å². The molecule has 0 spiro atoms. The number of amides is 1. The molecule has 122 valence electrons. The van der Waals surface area contributed by atoms with E-state index in [1.807, 2.05) is 24.3 Å². The molecule has 1 amide bonds. The first-order valence-electron chi connectivity index (χ1n) is 7.38. The number of fused-ring (bicyclic) bond motifs is 1. The van der Waals surface area contributed by atoms with Crippen LogP contribution in [-0.2, 0) is 9.53 Å². The molecule has 0 fully saturated rings. The van der Waals surface area contributed by atoms with Crippen LogP contribution >= 0.6 is 11.6 Å². The van der Waals surface area contributed by atoms with Gasteiger partial charge in [-0.15, -0.1) is 0 Å². The molecule has 0 unspecified atom stereocenters. The predicted octanol–water partition coefficient (Wildman–Crippen LogP) is 4.01. The van der Waals surface area contributed by atoms with Crippen molar-refractivity contribution in [1.82, 2.24) is 4.98 Å². The molecule has 0 saturated heterocycles. The third kappa shape index (κ3) is 3.41. The average Bonchev–Trinajstić information content (AvgIpc) is 3.01. The van der Waals surface area contributed by atoms with Crippen molar-refractivity contribution in [2.75, 3.05) is 5.32 Å². The second-order valence-electron chi connectivity index (χ2n) is 5.29. The Balaban J connectivity index is 1.67. The minimum Gasteiger partial charge on any atom is -0.449 e. The predicted molar refractivity (Wildman–Crippen MR) is 93.3 cm³/mol. The van der Waals surface area contributed by atoms with E-state index in [2.05, 4.69) is 10.3 Å². The highest BCUT2D eigenvalue weighted by molar-refractivity contribution is 6.30. The summed E-state index contributed by atoms with van der Waals surface area (Å²) in [5, 5.41) is 4.01. The van der Waals surface area contributed by atoms with Crippen LogP contribution in [0.1, 0.15) is 17.3 Å². The van der Waals surface area contributed by atoms with E-state index in [0.717, 1.165) is 10.9 Å². The molecule has 0 saturated carbocycles. The number of ether oxygens (including phenoxy) is 1. The molecule has 0 aliphatic rings. The molecular weight excluding hydrogens is 328 g/mol. The van der Waals surface area contributed by atoms with Gasteiger partial charge in [-0.1, -0.05) is 29.8 Å². The number of aromatic amines is 1. The normalized spacial score (nSPS) is 11.9. The summed E-state index contributed by atoms with van der Waals surface area (Å²) in [5.74, 6) is -0.961. The lowest BCUT2D eigenvalue weighted by Gasteiger charge is -2.13. The van der Waals surface area contributed by atoms with E-state index in [1.54, 1.807) is 30.5 Å². The first kappa shape index (κ1) is 16.1. The molecule has 0 bridgehead atoms. The van der Waals surface area contributed by atoms with Crippen molar-refractivity contribution in [1.29, 1.82) is 0 Å². The molecule has 5 nitrogen and oxygen atoms in total. The van der Waals surface area contributed by atoms with Crippen molar-refractivity contribution >= 4 is 40.1 Å². The number of benzene rings is 2. The Hall–Kier alpha value is -2.79. The van der Waals surface area contributed by atoms with Crippen LogP contribution < -0.4 is 5.32 Å². The lowest BCUT2D eigenvalue weighted by molar-refractivity contribution is -0.123. The number of rotatable bonds is 4. The number of anilines is 1. The minimum atomic E-state index is -0.929. The van der Waals surface area contributed by atoms with Crippen LogP contribution in [0.4, 0.5) is 5.69 Å². The van der Waals surface area contributed by atoms with E-state index in [-0.39, 0.29) is 0 Å². The van der Waals surface area contributed by atoms with Gasteiger partial charge in [-0.3, -0.25) is 4.79 Å². The Morgan fingerprint density at radius 2 is 1.83 bits per heavy atom. The fourth-order valence-corrected chi connectivity index (χ4v) is 2.42. The van der Waals surface area contributed by atoms with Crippen LogP contribution in [-0.4, -0.2) is 23.0 Å². The molecule has 1 heterocycles. The highest BCUT2D eigenvalue weighted by atomic mass is 35.5. The number of hydrogen-bond donors (Lipinski definition) is 2. The van der Waals surface area contributed by atoms with E-state index in [1.165, 1.54) is 6.92 Å². The molecule has 3 rings (SSSR count). The third-order valence-corrected chi connectivity index (χ3v) is 3.83. The van der Waals surface area contributed by atoms with Gasteiger partial charge in [-0.25, -0.2) is 4.79 Å². The van der Waals surface area contributed by atoms with Crippen LogP contribution in [0.3, 0.4) is 0 Å². The monoisotopic (exact) mass is 342 g/mol. The van der Waals surface area contributed by atoms with Crippen LogP contribution in [0.2, 0.25) is 5.02 Å². The summed E-state index contributed by atoms with van der Waals surface area (Å²) in [4.78, 5) is 27.4. The van der Waals surface area contributed by atoms with Gasteiger partial charge in [-0.2, -0.15) is 0 Å². The topological polar surface area (TPSA) is 71.2 Å². The number of nitrogens with one attached hydrogen (secondary N) is 2. The van der Waals surface area contributed by atoms with Gasteiger partial charge in [0.05, 0.1) is 5.56 Å². The van der Waals surface area contributed by atoms with E-state index >= 15 is 0 Å². The maximum atomic E-state index is 12.3. The molecule has 1 aromatic heterocycles. The Bertz CT molecular complexity index is 887. The number of halogens is 1. The molecule has 2 aromatic carbocycles. The first-order valence-corrected chi connectivity index (χ1v) is 7.76. The summed E-state index contributed by atoms with van der Waals surface area (Å²) in [7, 11) is 0. The Morgan fingerprint density at radius 1 is 1.12 bits per heavy atom.